The number of aryl methyl sites for hydroxylation is 1. The van der Waals surface area contributed by atoms with Crippen LogP contribution < -0.4 is 0 Å². The van der Waals surface area contributed by atoms with Crippen LogP contribution in [0, 0.1) is 11.3 Å². The van der Waals surface area contributed by atoms with E-state index in [1.54, 1.807) is 30.3 Å². The first-order valence-corrected chi connectivity index (χ1v) is 8.67. The molecule has 0 N–H and O–H groups in total. The van der Waals surface area contributed by atoms with Crippen molar-refractivity contribution in [2.24, 2.45) is 0 Å². The number of nitriles is 1. The average Bonchev–Trinajstić information content (AvgIpc) is 2.59. The summed E-state index contributed by atoms with van der Waals surface area (Å²) in [6, 6.07) is 8.18. The molecule has 1 aromatic rings. The van der Waals surface area contributed by atoms with E-state index in [0.717, 1.165) is 5.56 Å². The fourth-order valence-corrected chi connectivity index (χ4v) is 3.60. The zero-order chi connectivity index (χ0) is 16.7. The van der Waals surface area contributed by atoms with Gasteiger partial charge in [0.1, 0.15) is 6.07 Å². The summed E-state index contributed by atoms with van der Waals surface area (Å²) >= 11 is 0. The van der Waals surface area contributed by atoms with E-state index in [1.807, 2.05) is 0 Å². The van der Waals surface area contributed by atoms with E-state index in [4.69, 9.17) is 10.00 Å². The standard InChI is InChI=1S/C15H18N2O5S/c16-7-10-22-15(18)6-3-13-1-4-14(5-2-13)23(19,20)17-8-11-21-12-9-17/h1-2,4-5H,3,6,8-12H2. The second kappa shape index (κ2) is 8.06. The van der Waals surface area contributed by atoms with Crippen LogP contribution in [0.1, 0.15) is 12.0 Å². The first-order valence-electron chi connectivity index (χ1n) is 7.23. The Morgan fingerprint density at radius 2 is 1.91 bits per heavy atom. The number of morpholine rings is 1. The first kappa shape index (κ1) is 17.4. The van der Waals surface area contributed by atoms with Gasteiger partial charge in [0, 0.05) is 19.5 Å². The van der Waals surface area contributed by atoms with E-state index in [9.17, 15) is 13.2 Å². The van der Waals surface area contributed by atoms with Crippen LogP contribution in [-0.4, -0.2) is 51.6 Å². The quantitative estimate of drug-likeness (QED) is 0.709. The molecule has 0 spiro atoms. The molecule has 0 bridgehead atoms. The van der Waals surface area contributed by atoms with Crippen LogP contribution in [-0.2, 0) is 30.7 Å². The van der Waals surface area contributed by atoms with Crippen molar-refractivity contribution in [1.82, 2.24) is 4.31 Å². The third-order valence-electron chi connectivity index (χ3n) is 3.45. The molecule has 23 heavy (non-hydrogen) atoms. The Bertz CT molecular complexity index is 673. The Morgan fingerprint density at radius 3 is 2.52 bits per heavy atom. The fourth-order valence-electron chi connectivity index (χ4n) is 2.20. The maximum absolute atomic E-state index is 12.4. The lowest BCUT2D eigenvalue weighted by Gasteiger charge is -2.26. The van der Waals surface area contributed by atoms with Crippen LogP contribution >= 0.6 is 0 Å². The van der Waals surface area contributed by atoms with Gasteiger partial charge in [-0.05, 0) is 24.1 Å². The van der Waals surface area contributed by atoms with Crippen molar-refractivity contribution in [3.63, 3.8) is 0 Å². The molecule has 0 atom stereocenters. The number of hydrogen-bond donors (Lipinski definition) is 0. The normalized spacial score (nSPS) is 15.8. The minimum absolute atomic E-state index is 0.150. The Balaban J connectivity index is 1.96. The van der Waals surface area contributed by atoms with Gasteiger partial charge in [-0.15, -0.1) is 0 Å². The fraction of sp³-hybridized carbons (Fsp3) is 0.467. The summed E-state index contributed by atoms with van der Waals surface area (Å²) in [4.78, 5) is 11.6. The van der Waals surface area contributed by atoms with Crippen molar-refractivity contribution in [2.75, 3.05) is 32.9 Å². The van der Waals surface area contributed by atoms with E-state index in [-0.39, 0.29) is 17.9 Å². The maximum atomic E-state index is 12.4. The van der Waals surface area contributed by atoms with Gasteiger partial charge < -0.3 is 9.47 Å². The third kappa shape index (κ3) is 4.76. The van der Waals surface area contributed by atoms with E-state index in [0.29, 0.717) is 32.7 Å². The molecule has 2 rings (SSSR count). The zero-order valence-electron chi connectivity index (χ0n) is 12.6. The van der Waals surface area contributed by atoms with Crippen molar-refractivity contribution in [1.29, 1.82) is 5.26 Å². The number of sulfonamides is 1. The number of ether oxygens (including phenoxy) is 2. The first-order chi connectivity index (χ1) is 11.0. The van der Waals surface area contributed by atoms with Gasteiger partial charge in [-0.1, -0.05) is 12.1 Å². The average molecular weight is 338 g/mol. The summed E-state index contributed by atoms with van der Waals surface area (Å²) in [5.74, 6) is -0.448. The Hall–Kier alpha value is -1.95. The van der Waals surface area contributed by atoms with Gasteiger partial charge in [-0.25, -0.2) is 8.42 Å². The number of carbonyl (C=O) groups excluding carboxylic acids is 1. The van der Waals surface area contributed by atoms with Gasteiger partial charge >= 0.3 is 5.97 Å². The molecule has 0 unspecified atom stereocenters. The molecule has 0 amide bonds. The molecular weight excluding hydrogens is 320 g/mol. The molecule has 0 saturated carbocycles. The van der Waals surface area contributed by atoms with Gasteiger partial charge in [0.05, 0.1) is 18.1 Å². The van der Waals surface area contributed by atoms with Crippen LogP contribution in [0.3, 0.4) is 0 Å². The molecule has 1 fully saturated rings. The summed E-state index contributed by atoms with van der Waals surface area (Å²) in [5, 5.41) is 8.32. The number of rotatable bonds is 6. The highest BCUT2D eigenvalue weighted by atomic mass is 32.2. The van der Waals surface area contributed by atoms with Crippen LogP contribution in [0.4, 0.5) is 0 Å². The summed E-state index contributed by atoms with van der Waals surface area (Å²) in [6.45, 7) is 1.27. The molecule has 0 aliphatic carbocycles. The van der Waals surface area contributed by atoms with Crippen molar-refractivity contribution < 1.29 is 22.7 Å². The van der Waals surface area contributed by atoms with Crippen molar-refractivity contribution in [3.8, 4) is 6.07 Å². The number of nitrogens with zero attached hydrogens (tertiary/aromatic N) is 2. The SMILES string of the molecule is N#CCOC(=O)CCc1ccc(S(=O)(=O)N2CCOCC2)cc1. The minimum Gasteiger partial charge on any atom is -0.450 e. The van der Waals surface area contributed by atoms with E-state index in [1.165, 1.54) is 4.31 Å². The molecule has 0 radical (unpaired) electrons. The Morgan fingerprint density at radius 1 is 1.26 bits per heavy atom. The van der Waals surface area contributed by atoms with E-state index < -0.39 is 16.0 Å². The van der Waals surface area contributed by atoms with Gasteiger partial charge in [-0.3, -0.25) is 4.79 Å². The minimum atomic E-state index is -3.50. The lowest BCUT2D eigenvalue weighted by Crippen LogP contribution is -2.40. The molecule has 1 aliphatic rings. The van der Waals surface area contributed by atoms with Gasteiger partial charge in [0.25, 0.3) is 0 Å². The lowest BCUT2D eigenvalue weighted by atomic mass is 10.1. The van der Waals surface area contributed by atoms with Gasteiger partial charge in [-0.2, -0.15) is 9.57 Å². The van der Waals surface area contributed by atoms with Gasteiger partial charge in [0.2, 0.25) is 10.0 Å². The van der Waals surface area contributed by atoms with E-state index >= 15 is 0 Å². The topological polar surface area (TPSA) is 96.7 Å². The summed E-state index contributed by atoms with van der Waals surface area (Å²) < 4.78 is 36.1. The Kier molecular flexibility index (Phi) is 6.10. The predicted octanol–water partition coefficient (Wildman–Crippen LogP) is 0.707. The van der Waals surface area contributed by atoms with Crippen molar-refractivity contribution >= 4 is 16.0 Å². The summed E-state index contributed by atoms with van der Waals surface area (Å²) in [7, 11) is -3.50. The largest absolute Gasteiger partial charge is 0.450 e. The van der Waals surface area contributed by atoms with Crippen LogP contribution in [0.5, 0.6) is 0 Å². The number of esters is 1. The smallest absolute Gasteiger partial charge is 0.307 e. The summed E-state index contributed by atoms with van der Waals surface area (Å²) in [5.41, 5.74) is 0.833. The summed E-state index contributed by atoms with van der Waals surface area (Å²) in [6.07, 6.45) is 0.583. The molecule has 1 aromatic carbocycles. The highest BCUT2D eigenvalue weighted by Crippen LogP contribution is 2.18. The molecule has 8 heteroatoms. The zero-order valence-corrected chi connectivity index (χ0v) is 13.4. The molecule has 1 saturated heterocycles. The number of benzene rings is 1. The molecule has 0 aromatic heterocycles. The van der Waals surface area contributed by atoms with Gasteiger partial charge in [0.15, 0.2) is 6.61 Å². The van der Waals surface area contributed by atoms with E-state index in [2.05, 4.69) is 4.74 Å². The van der Waals surface area contributed by atoms with Crippen molar-refractivity contribution in [3.05, 3.63) is 29.8 Å². The monoisotopic (exact) mass is 338 g/mol. The number of carbonyl (C=O) groups is 1. The molecule has 7 nitrogen and oxygen atoms in total. The van der Waals surface area contributed by atoms with Crippen LogP contribution in [0.15, 0.2) is 29.2 Å². The molecule has 124 valence electrons. The maximum Gasteiger partial charge on any atom is 0.307 e. The molecule has 1 aliphatic heterocycles. The van der Waals surface area contributed by atoms with Crippen LogP contribution in [0.25, 0.3) is 0 Å². The second-order valence-electron chi connectivity index (χ2n) is 4.98. The second-order valence-corrected chi connectivity index (χ2v) is 6.92. The highest BCUT2D eigenvalue weighted by Gasteiger charge is 2.26. The number of hydrogen-bond acceptors (Lipinski definition) is 6. The van der Waals surface area contributed by atoms with Crippen molar-refractivity contribution in [2.45, 2.75) is 17.7 Å². The Labute approximate surface area is 135 Å². The van der Waals surface area contributed by atoms with Crippen LogP contribution in [0.2, 0.25) is 0 Å². The molecular formula is C15H18N2O5S. The predicted molar refractivity (Wildman–Crippen MR) is 80.9 cm³/mol. The lowest BCUT2D eigenvalue weighted by molar-refractivity contribution is -0.142. The third-order valence-corrected chi connectivity index (χ3v) is 5.36. The molecule has 1 heterocycles. The highest BCUT2D eigenvalue weighted by molar-refractivity contribution is 7.89.